The molecule has 5 nitrogen and oxygen atoms in total. The zero-order valence-electron chi connectivity index (χ0n) is 11.8. The second kappa shape index (κ2) is 5.99. The van der Waals surface area contributed by atoms with E-state index in [1.807, 2.05) is 20.8 Å². The quantitative estimate of drug-likeness (QED) is 0.878. The number of β-amino-alcohol motifs (C(OH)–C–C–N with tert-alkyl or cyclic N) is 1. The standard InChI is InChI=1S/C13H19BrN2O3S/c1-13(2,3)19-12(18)16-6-8(10(17)7-16)4-11-9(14)5-15-20-11/h5,8,10,17H,4,6-7H2,1-3H3. The number of nitrogens with zero attached hydrogens (tertiary/aromatic N) is 2. The molecule has 1 aromatic heterocycles. The van der Waals surface area contributed by atoms with Gasteiger partial charge >= 0.3 is 6.09 Å². The van der Waals surface area contributed by atoms with Gasteiger partial charge in [0.05, 0.1) is 23.3 Å². The molecule has 2 atom stereocenters. The van der Waals surface area contributed by atoms with Crippen LogP contribution in [0.1, 0.15) is 25.6 Å². The van der Waals surface area contributed by atoms with Gasteiger partial charge in [-0.05, 0) is 54.7 Å². The summed E-state index contributed by atoms with van der Waals surface area (Å²) in [5.74, 6) is 0.0271. The van der Waals surface area contributed by atoms with Gasteiger partial charge in [-0.25, -0.2) is 4.79 Å². The molecule has 112 valence electrons. The maximum Gasteiger partial charge on any atom is 0.410 e. The number of carbonyl (C=O) groups excluding carboxylic acids is 1. The molecule has 1 aliphatic rings. The summed E-state index contributed by atoms with van der Waals surface area (Å²) in [6, 6.07) is 0. The van der Waals surface area contributed by atoms with Gasteiger partial charge in [-0.1, -0.05) is 0 Å². The predicted octanol–water partition coefficient (Wildman–Crippen LogP) is 2.68. The maximum absolute atomic E-state index is 12.0. The van der Waals surface area contributed by atoms with Crippen LogP contribution in [0.4, 0.5) is 4.79 Å². The monoisotopic (exact) mass is 362 g/mol. The minimum Gasteiger partial charge on any atom is -0.444 e. The van der Waals surface area contributed by atoms with Gasteiger partial charge in [0, 0.05) is 17.3 Å². The Morgan fingerprint density at radius 1 is 1.60 bits per heavy atom. The smallest absolute Gasteiger partial charge is 0.410 e. The number of aliphatic hydroxyl groups excluding tert-OH is 1. The topological polar surface area (TPSA) is 62.7 Å². The molecule has 1 saturated heterocycles. The van der Waals surface area contributed by atoms with Crippen molar-refractivity contribution < 1.29 is 14.6 Å². The lowest BCUT2D eigenvalue weighted by molar-refractivity contribution is 0.0270. The molecule has 1 aliphatic heterocycles. The first kappa shape index (κ1) is 15.7. The van der Waals surface area contributed by atoms with E-state index in [0.29, 0.717) is 19.5 Å². The molecule has 0 aromatic carbocycles. The largest absolute Gasteiger partial charge is 0.444 e. The fraction of sp³-hybridized carbons (Fsp3) is 0.692. The van der Waals surface area contributed by atoms with E-state index in [1.54, 1.807) is 11.1 Å². The Hall–Kier alpha value is -0.660. The fourth-order valence-corrected chi connectivity index (χ4v) is 3.49. The van der Waals surface area contributed by atoms with Crippen molar-refractivity contribution >= 4 is 33.6 Å². The second-order valence-electron chi connectivity index (χ2n) is 6.01. The number of aliphatic hydroxyl groups is 1. The highest BCUT2D eigenvalue weighted by Gasteiger charge is 2.36. The van der Waals surface area contributed by atoms with Gasteiger partial charge in [0.1, 0.15) is 5.60 Å². The first-order valence-corrected chi connectivity index (χ1v) is 8.08. The molecule has 1 amide bonds. The summed E-state index contributed by atoms with van der Waals surface area (Å²) in [7, 11) is 0. The zero-order chi connectivity index (χ0) is 14.9. The fourth-order valence-electron chi connectivity index (χ4n) is 2.16. The van der Waals surface area contributed by atoms with E-state index in [1.165, 1.54) is 11.5 Å². The minimum atomic E-state index is -0.517. The Kier molecular flexibility index (Phi) is 4.71. The van der Waals surface area contributed by atoms with Crippen LogP contribution in [-0.2, 0) is 11.2 Å². The van der Waals surface area contributed by atoms with Gasteiger partial charge in [-0.15, -0.1) is 0 Å². The van der Waals surface area contributed by atoms with E-state index >= 15 is 0 Å². The van der Waals surface area contributed by atoms with Crippen LogP contribution in [0.5, 0.6) is 0 Å². The van der Waals surface area contributed by atoms with Crippen LogP contribution in [0.3, 0.4) is 0 Å². The van der Waals surface area contributed by atoms with Crippen LogP contribution in [0, 0.1) is 5.92 Å². The molecular formula is C13H19BrN2O3S. The second-order valence-corrected chi connectivity index (χ2v) is 7.75. The molecular weight excluding hydrogens is 344 g/mol. The third-order valence-corrected chi connectivity index (χ3v) is 4.86. The van der Waals surface area contributed by atoms with Gasteiger partial charge < -0.3 is 14.7 Å². The summed E-state index contributed by atoms with van der Waals surface area (Å²) in [4.78, 5) is 14.7. The predicted molar refractivity (Wildman–Crippen MR) is 80.8 cm³/mol. The Morgan fingerprint density at radius 2 is 2.30 bits per heavy atom. The highest BCUT2D eigenvalue weighted by molar-refractivity contribution is 9.10. The number of carbonyl (C=O) groups is 1. The number of ether oxygens (including phenoxy) is 1. The van der Waals surface area contributed by atoms with Gasteiger partial charge in [0.25, 0.3) is 0 Å². The summed E-state index contributed by atoms with van der Waals surface area (Å²) in [5, 5.41) is 10.1. The molecule has 0 saturated carbocycles. The maximum atomic E-state index is 12.0. The van der Waals surface area contributed by atoms with E-state index in [9.17, 15) is 9.90 Å². The van der Waals surface area contributed by atoms with E-state index in [-0.39, 0.29) is 12.0 Å². The van der Waals surface area contributed by atoms with Crippen molar-refractivity contribution in [1.29, 1.82) is 0 Å². The van der Waals surface area contributed by atoms with Gasteiger partial charge in [0.15, 0.2) is 0 Å². The molecule has 0 bridgehead atoms. The number of aromatic nitrogens is 1. The van der Waals surface area contributed by atoms with Crippen molar-refractivity contribution in [2.45, 2.75) is 38.9 Å². The normalized spacial score (nSPS) is 23.1. The molecule has 1 aromatic rings. The lowest BCUT2D eigenvalue weighted by Crippen LogP contribution is -2.35. The van der Waals surface area contributed by atoms with Gasteiger partial charge in [0.2, 0.25) is 0 Å². The Balaban J connectivity index is 1.95. The summed E-state index contributed by atoms with van der Waals surface area (Å²) in [6.45, 7) is 6.35. The lowest BCUT2D eigenvalue weighted by atomic mass is 10.0. The summed E-state index contributed by atoms with van der Waals surface area (Å²) in [5.41, 5.74) is -0.513. The van der Waals surface area contributed by atoms with Gasteiger partial charge in [-0.3, -0.25) is 0 Å². The van der Waals surface area contributed by atoms with Crippen molar-refractivity contribution in [3.8, 4) is 0 Å². The molecule has 2 rings (SSSR count). The highest BCUT2D eigenvalue weighted by Crippen LogP contribution is 2.28. The molecule has 0 spiro atoms. The molecule has 20 heavy (non-hydrogen) atoms. The Bertz CT molecular complexity index is 486. The van der Waals surface area contributed by atoms with E-state index in [2.05, 4.69) is 20.3 Å². The number of hydrogen-bond acceptors (Lipinski definition) is 5. The lowest BCUT2D eigenvalue weighted by Gasteiger charge is -2.24. The minimum absolute atomic E-state index is 0.0271. The Labute approximate surface area is 131 Å². The van der Waals surface area contributed by atoms with Crippen LogP contribution in [0.25, 0.3) is 0 Å². The van der Waals surface area contributed by atoms with Crippen molar-refractivity contribution in [2.24, 2.45) is 5.92 Å². The van der Waals surface area contributed by atoms with E-state index < -0.39 is 11.7 Å². The SMILES string of the molecule is CC(C)(C)OC(=O)N1CC(O)C(Cc2sncc2Br)C1. The molecule has 0 aliphatic carbocycles. The third-order valence-electron chi connectivity index (χ3n) is 3.10. The van der Waals surface area contributed by atoms with Crippen LogP contribution in [0.2, 0.25) is 0 Å². The average Bonchev–Trinajstić information content (AvgIpc) is 2.86. The molecule has 1 fully saturated rings. The molecule has 2 heterocycles. The van der Waals surface area contributed by atoms with Crippen molar-refractivity contribution in [2.75, 3.05) is 13.1 Å². The number of amides is 1. The number of likely N-dealkylation sites (tertiary alicyclic amines) is 1. The van der Waals surface area contributed by atoms with Crippen LogP contribution in [-0.4, -0.2) is 45.3 Å². The van der Waals surface area contributed by atoms with Crippen molar-refractivity contribution in [3.63, 3.8) is 0 Å². The highest BCUT2D eigenvalue weighted by atomic mass is 79.9. The van der Waals surface area contributed by atoms with Gasteiger partial charge in [-0.2, -0.15) is 4.37 Å². The number of halogens is 1. The summed E-state index contributed by atoms with van der Waals surface area (Å²) in [6.07, 6.45) is 1.59. The number of hydrogen-bond donors (Lipinski definition) is 1. The van der Waals surface area contributed by atoms with E-state index in [4.69, 9.17) is 4.74 Å². The van der Waals surface area contributed by atoms with Crippen molar-refractivity contribution in [3.05, 3.63) is 15.5 Å². The molecule has 2 unspecified atom stereocenters. The Morgan fingerprint density at radius 3 is 2.85 bits per heavy atom. The summed E-state index contributed by atoms with van der Waals surface area (Å²) < 4.78 is 10.4. The average molecular weight is 363 g/mol. The van der Waals surface area contributed by atoms with Crippen LogP contribution >= 0.6 is 27.5 Å². The first-order chi connectivity index (χ1) is 9.26. The molecule has 0 radical (unpaired) electrons. The molecule has 1 N–H and O–H groups in total. The number of rotatable bonds is 2. The van der Waals surface area contributed by atoms with Crippen LogP contribution < -0.4 is 0 Å². The summed E-state index contributed by atoms with van der Waals surface area (Å²) >= 11 is 4.85. The van der Waals surface area contributed by atoms with Crippen molar-refractivity contribution in [1.82, 2.24) is 9.27 Å². The van der Waals surface area contributed by atoms with E-state index in [0.717, 1.165) is 9.35 Å². The third kappa shape index (κ3) is 3.93. The van der Waals surface area contributed by atoms with Crippen LogP contribution in [0.15, 0.2) is 10.7 Å². The first-order valence-electron chi connectivity index (χ1n) is 6.51. The molecule has 7 heteroatoms. The zero-order valence-corrected chi connectivity index (χ0v) is 14.2.